The van der Waals surface area contributed by atoms with E-state index in [0.717, 1.165) is 19.3 Å². The van der Waals surface area contributed by atoms with Crippen LogP contribution in [0.2, 0.25) is 0 Å². The molecule has 0 unspecified atom stereocenters. The second-order valence-electron chi connectivity index (χ2n) is 6.37. The maximum Gasteiger partial charge on any atom is 0.185 e. The summed E-state index contributed by atoms with van der Waals surface area (Å²) in [5, 5.41) is 11.3. The third-order valence-electron chi connectivity index (χ3n) is 4.22. The Morgan fingerprint density at radius 2 is 2.12 bits per heavy atom. The summed E-state index contributed by atoms with van der Waals surface area (Å²) >= 11 is 0. The predicted octanol–water partition coefficient (Wildman–Crippen LogP) is 3.13. The number of nitrogens with zero attached hydrogens (tertiary/aromatic N) is 3. The number of nitrogens with one attached hydrogen (secondary N) is 1. The van der Waals surface area contributed by atoms with E-state index in [-0.39, 0.29) is 29.6 Å². The van der Waals surface area contributed by atoms with Crippen molar-refractivity contribution in [1.82, 2.24) is 15.2 Å². The number of aromatic nitrogens is 3. The monoisotopic (exact) mass is 354 g/mol. The van der Waals surface area contributed by atoms with E-state index in [2.05, 4.69) is 20.5 Å². The van der Waals surface area contributed by atoms with Crippen LogP contribution in [0.25, 0.3) is 0 Å². The van der Waals surface area contributed by atoms with Gasteiger partial charge < -0.3 is 10.1 Å². The Morgan fingerprint density at radius 3 is 2.81 bits per heavy atom. The molecule has 1 fully saturated rings. The molecule has 0 spiro atoms. The number of rotatable bonds is 9. The lowest BCUT2D eigenvalue weighted by Crippen LogP contribution is -2.13. The lowest BCUT2D eigenvalue weighted by molar-refractivity contribution is -0.119. The summed E-state index contributed by atoms with van der Waals surface area (Å²) in [6, 6.07) is 5.25. The molecule has 1 saturated carbocycles. The van der Waals surface area contributed by atoms with E-state index in [1.807, 2.05) is 6.92 Å². The zero-order chi connectivity index (χ0) is 18.5. The van der Waals surface area contributed by atoms with E-state index in [1.54, 1.807) is 31.5 Å². The number of hydrogen-bond acceptors (Lipinski definition) is 7. The van der Waals surface area contributed by atoms with Crippen molar-refractivity contribution < 1.29 is 14.3 Å². The number of carbonyl (C=O) groups excluding carboxylic acids is 2. The molecule has 1 aliphatic carbocycles. The molecule has 0 aliphatic heterocycles. The fourth-order valence-electron chi connectivity index (χ4n) is 2.67. The number of ketones is 2. The van der Waals surface area contributed by atoms with Crippen LogP contribution in [0.15, 0.2) is 24.4 Å². The van der Waals surface area contributed by atoms with Crippen molar-refractivity contribution in [3.63, 3.8) is 0 Å². The largest absolute Gasteiger partial charge is 0.493 e. The van der Waals surface area contributed by atoms with Crippen LogP contribution in [0.4, 0.5) is 11.5 Å². The first-order valence-electron chi connectivity index (χ1n) is 8.81. The highest BCUT2D eigenvalue weighted by Gasteiger charge is 2.30. The normalized spacial score (nSPS) is 13.3. The smallest absolute Gasteiger partial charge is 0.185 e. The van der Waals surface area contributed by atoms with E-state index in [0.29, 0.717) is 29.4 Å². The quantitative estimate of drug-likeness (QED) is 0.691. The van der Waals surface area contributed by atoms with E-state index in [1.165, 1.54) is 0 Å². The number of methoxy groups -OCH3 is 1. The Hall–Kier alpha value is -2.83. The first-order valence-corrected chi connectivity index (χ1v) is 8.81. The van der Waals surface area contributed by atoms with Crippen molar-refractivity contribution in [1.29, 1.82) is 0 Å². The molecule has 7 nitrogen and oxygen atoms in total. The van der Waals surface area contributed by atoms with Crippen LogP contribution < -0.4 is 10.1 Å². The molecule has 7 heteroatoms. The number of ether oxygens (including phenoxy) is 1. The van der Waals surface area contributed by atoms with Gasteiger partial charge in [0, 0.05) is 18.5 Å². The lowest BCUT2D eigenvalue weighted by atomic mass is 10.1. The minimum absolute atomic E-state index is 0.0996. The first-order chi connectivity index (χ1) is 12.6. The SMILES string of the molecule is CCCC(=O)c1nnc(CC(=O)C2CC2)cc1Nc1ncccc1OC. The van der Waals surface area contributed by atoms with Crippen LogP contribution in [-0.2, 0) is 11.2 Å². The minimum Gasteiger partial charge on any atom is -0.493 e. The molecule has 1 aliphatic rings. The summed E-state index contributed by atoms with van der Waals surface area (Å²) in [7, 11) is 1.55. The Labute approximate surface area is 152 Å². The summed E-state index contributed by atoms with van der Waals surface area (Å²) in [5.74, 6) is 1.26. The molecule has 26 heavy (non-hydrogen) atoms. The standard InChI is InChI=1S/C19H22N4O3/c1-3-5-15(24)18-14(21-19-17(26-2)6-4-9-20-19)10-13(22-23-18)11-16(25)12-7-8-12/h4,6,9-10,12H,3,5,7-8,11H2,1-2H3,(H,20,21,22). The van der Waals surface area contributed by atoms with Crippen molar-refractivity contribution in [3.8, 4) is 5.75 Å². The van der Waals surface area contributed by atoms with Gasteiger partial charge in [-0.15, -0.1) is 5.10 Å². The van der Waals surface area contributed by atoms with Gasteiger partial charge in [-0.05, 0) is 37.5 Å². The summed E-state index contributed by atoms with van der Waals surface area (Å²) in [4.78, 5) is 28.7. The summed E-state index contributed by atoms with van der Waals surface area (Å²) in [6.45, 7) is 1.93. The lowest BCUT2D eigenvalue weighted by Gasteiger charge is -2.13. The second-order valence-corrected chi connectivity index (χ2v) is 6.37. The van der Waals surface area contributed by atoms with Crippen molar-refractivity contribution >= 4 is 23.1 Å². The topological polar surface area (TPSA) is 94.1 Å². The van der Waals surface area contributed by atoms with Gasteiger partial charge in [0.05, 0.1) is 24.9 Å². The minimum atomic E-state index is -0.0996. The molecule has 0 atom stereocenters. The van der Waals surface area contributed by atoms with Gasteiger partial charge in [-0.25, -0.2) is 4.98 Å². The molecule has 0 radical (unpaired) electrons. The molecule has 2 aromatic rings. The predicted molar refractivity (Wildman–Crippen MR) is 96.8 cm³/mol. The molecule has 1 N–H and O–H groups in total. The summed E-state index contributed by atoms with van der Waals surface area (Å²) < 4.78 is 5.30. The van der Waals surface area contributed by atoms with E-state index in [9.17, 15) is 9.59 Å². The number of Topliss-reactive ketones (excluding diaryl/α,β-unsaturated/α-hetero) is 2. The molecule has 2 heterocycles. The van der Waals surface area contributed by atoms with Gasteiger partial charge in [0.25, 0.3) is 0 Å². The fraction of sp³-hybridized carbons (Fsp3) is 0.421. The molecule has 0 saturated heterocycles. The molecule has 0 amide bonds. The van der Waals surface area contributed by atoms with Crippen LogP contribution in [0.3, 0.4) is 0 Å². The Balaban J connectivity index is 1.92. The molecule has 3 rings (SSSR count). The summed E-state index contributed by atoms with van der Waals surface area (Å²) in [6.07, 6.45) is 4.86. The van der Waals surface area contributed by atoms with Crippen molar-refractivity contribution in [3.05, 3.63) is 35.8 Å². The highest BCUT2D eigenvalue weighted by molar-refractivity contribution is 6.00. The van der Waals surface area contributed by atoms with Gasteiger partial charge in [-0.3, -0.25) is 9.59 Å². The number of carbonyl (C=O) groups is 2. The van der Waals surface area contributed by atoms with Gasteiger partial charge in [-0.1, -0.05) is 6.92 Å². The van der Waals surface area contributed by atoms with E-state index < -0.39 is 0 Å². The maximum atomic E-state index is 12.4. The highest BCUT2D eigenvalue weighted by Crippen LogP contribution is 2.31. The van der Waals surface area contributed by atoms with E-state index >= 15 is 0 Å². The van der Waals surface area contributed by atoms with Gasteiger partial charge >= 0.3 is 0 Å². The zero-order valence-corrected chi connectivity index (χ0v) is 15.0. The zero-order valence-electron chi connectivity index (χ0n) is 15.0. The number of hydrogen-bond donors (Lipinski definition) is 1. The Kier molecular flexibility index (Phi) is 5.55. The fourth-order valence-corrected chi connectivity index (χ4v) is 2.67. The van der Waals surface area contributed by atoms with Crippen LogP contribution in [0, 0.1) is 5.92 Å². The highest BCUT2D eigenvalue weighted by atomic mass is 16.5. The van der Waals surface area contributed by atoms with Gasteiger partial charge in [0.2, 0.25) is 0 Å². The van der Waals surface area contributed by atoms with Crippen LogP contribution in [0.1, 0.15) is 48.8 Å². The third kappa shape index (κ3) is 4.22. The van der Waals surface area contributed by atoms with Crippen LogP contribution in [-0.4, -0.2) is 33.9 Å². The maximum absolute atomic E-state index is 12.4. The Morgan fingerprint density at radius 1 is 1.31 bits per heavy atom. The third-order valence-corrected chi connectivity index (χ3v) is 4.22. The van der Waals surface area contributed by atoms with Crippen molar-refractivity contribution in [2.75, 3.05) is 12.4 Å². The first kappa shape index (κ1) is 18.0. The molecule has 0 aromatic carbocycles. The molecular weight excluding hydrogens is 332 g/mol. The van der Waals surface area contributed by atoms with E-state index in [4.69, 9.17) is 4.74 Å². The number of anilines is 2. The van der Waals surface area contributed by atoms with Gasteiger partial charge in [-0.2, -0.15) is 5.10 Å². The van der Waals surface area contributed by atoms with Crippen molar-refractivity contribution in [2.45, 2.75) is 39.0 Å². The number of pyridine rings is 1. The molecule has 0 bridgehead atoms. The average Bonchev–Trinajstić information content (AvgIpc) is 3.48. The van der Waals surface area contributed by atoms with Crippen molar-refractivity contribution in [2.24, 2.45) is 5.92 Å². The average molecular weight is 354 g/mol. The van der Waals surface area contributed by atoms with Gasteiger partial charge in [0.15, 0.2) is 23.0 Å². The molecular formula is C19H22N4O3. The Bertz CT molecular complexity index is 818. The molecule has 2 aromatic heterocycles. The second kappa shape index (κ2) is 8.03. The molecule has 136 valence electrons. The van der Waals surface area contributed by atoms with Crippen LogP contribution in [0.5, 0.6) is 5.75 Å². The summed E-state index contributed by atoms with van der Waals surface area (Å²) in [5.41, 5.74) is 1.29. The van der Waals surface area contributed by atoms with Gasteiger partial charge in [0.1, 0.15) is 5.78 Å². The van der Waals surface area contributed by atoms with Crippen LogP contribution >= 0.6 is 0 Å².